The van der Waals surface area contributed by atoms with Gasteiger partial charge in [0.15, 0.2) is 0 Å². The van der Waals surface area contributed by atoms with Gasteiger partial charge in [0.25, 0.3) is 0 Å². The van der Waals surface area contributed by atoms with E-state index in [-0.39, 0.29) is 6.61 Å². The second-order valence-electron chi connectivity index (χ2n) is 6.79. The van der Waals surface area contributed by atoms with E-state index in [1.54, 1.807) is 5.57 Å². The second kappa shape index (κ2) is 7.55. The first-order chi connectivity index (χ1) is 12.3. The molecule has 2 N–H and O–H groups in total. The van der Waals surface area contributed by atoms with Crippen molar-refractivity contribution in [1.82, 2.24) is 0 Å². The molecule has 0 unspecified atom stereocenters. The number of hydrogen-bond acceptors (Lipinski definition) is 2. The molecule has 0 aliphatic carbocycles. The topological polar surface area (TPSA) is 24.7 Å². The van der Waals surface area contributed by atoms with E-state index in [1.165, 1.54) is 32.1 Å². The highest BCUT2D eigenvalue weighted by Gasteiger charge is 2.25. The van der Waals surface area contributed by atoms with Crippen LogP contribution >= 0.6 is 23.4 Å². The van der Waals surface area contributed by atoms with Crippen LogP contribution in [0.1, 0.15) is 29.5 Å². The zero-order valence-electron chi connectivity index (χ0n) is 14.2. The molecule has 4 rings (SSSR count). The fraction of sp³-hybridized carbons (Fsp3) is 0.333. The normalized spacial score (nSPS) is 20.0. The number of thioether (sulfide) groups is 1. The monoisotopic (exact) mass is 372 g/mol. The quantitative estimate of drug-likeness (QED) is 0.844. The lowest BCUT2D eigenvalue weighted by molar-refractivity contribution is -0.903. The van der Waals surface area contributed by atoms with Crippen molar-refractivity contribution in [2.75, 3.05) is 26.2 Å². The Kier molecular flexibility index (Phi) is 5.18. The fourth-order valence-electron chi connectivity index (χ4n) is 3.96. The van der Waals surface area contributed by atoms with Gasteiger partial charge in [-0.2, -0.15) is 0 Å². The van der Waals surface area contributed by atoms with Crippen molar-refractivity contribution in [3.8, 4) is 0 Å². The summed E-state index contributed by atoms with van der Waals surface area (Å²) >= 11 is 8.27. The van der Waals surface area contributed by atoms with Crippen LogP contribution in [-0.4, -0.2) is 31.3 Å². The molecule has 130 valence electrons. The number of fused-ring (bicyclic) bond motifs is 2. The molecular weight excluding hydrogens is 350 g/mol. The van der Waals surface area contributed by atoms with E-state index in [0.717, 1.165) is 43.3 Å². The average molecular weight is 373 g/mol. The second-order valence-corrected chi connectivity index (χ2v) is 8.24. The van der Waals surface area contributed by atoms with E-state index < -0.39 is 0 Å². The summed E-state index contributed by atoms with van der Waals surface area (Å²) in [6.45, 7) is 3.34. The first-order valence-corrected chi connectivity index (χ1v) is 10.3. The Morgan fingerprint density at radius 3 is 2.64 bits per heavy atom. The molecule has 2 aromatic carbocycles. The van der Waals surface area contributed by atoms with Crippen LogP contribution in [0.5, 0.6) is 0 Å². The number of quaternary nitrogens is 1. The van der Waals surface area contributed by atoms with Crippen molar-refractivity contribution in [2.24, 2.45) is 0 Å². The lowest BCUT2D eigenvalue weighted by Gasteiger charge is -2.27. The molecule has 0 aromatic heterocycles. The third-order valence-corrected chi connectivity index (χ3v) is 6.62. The summed E-state index contributed by atoms with van der Waals surface area (Å²) in [7, 11) is 0. The Morgan fingerprint density at radius 1 is 1.04 bits per heavy atom. The van der Waals surface area contributed by atoms with Gasteiger partial charge in [-0.15, -0.1) is 11.8 Å². The van der Waals surface area contributed by atoms with Crippen LogP contribution in [0.2, 0.25) is 5.02 Å². The summed E-state index contributed by atoms with van der Waals surface area (Å²) in [6, 6.07) is 15.1. The maximum absolute atomic E-state index is 9.21. The average Bonchev–Trinajstić information content (AvgIpc) is 2.79. The minimum absolute atomic E-state index is 0.277. The largest absolute Gasteiger partial charge is 0.391 e. The first-order valence-electron chi connectivity index (χ1n) is 8.93. The molecule has 1 fully saturated rings. The molecule has 0 atom stereocenters. The van der Waals surface area contributed by atoms with Crippen LogP contribution < -0.4 is 4.90 Å². The summed E-state index contributed by atoms with van der Waals surface area (Å²) in [4.78, 5) is 2.84. The van der Waals surface area contributed by atoms with Crippen molar-refractivity contribution >= 4 is 28.9 Å². The number of hydrogen-bond donors (Lipinski definition) is 2. The zero-order valence-corrected chi connectivity index (χ0v) is 15.8. The standard InChI is InChI=1S/C21H22ClNOS/c22-17-5-6-20-19(13-17)21(15-7-9-23(10-8-15)11-12-24)18-4-2-1-3-16(18)14-25-20/h1-6,13,24H,7-12,14H2/p+1. The van der Waals surface area contributed by atoms with E-state index in [4.69, 9.17) is 11.6 Å². The molecule has 2 heterocycles. The van der Waals surface area contributed by atoms with Crippen molar-refractivity contribution in [3.63, 3.8) is 0 Å². The number of aliphatic hydroxyl groups is 1. The van der Waals surface area contributed by atoms with Gasteiger partial charge in [-0.1, -0.05) is 41.4 Å². The van der Waals surface area contributed by atoms with Crippen LogP contribution in [0.4, 0.5) is 0 Å². The Morgan fingerprint density at radius 2 is 1.84 bits per heavy atom. The third kappa shape index (κ3) is 3.52. The number of aliphatic hydroxyl groups excluding tert-OH is 1. The Hall–Kier alpha value is -1.26. The molecule has 0 radical (unpaired) electrons. The van der Waals surface area contributed by atoms with Crippen LogP contribution in [0.3, 0.4) is 0 Å². The molecule has 0 amide bonds. The molecule has 2 aliphatic heterocycles. The summed E-state index contributed by atoms with van der Waals surface area (Å²) in [5, 5.41) is 10.0. The minimum atomic E-state index is 0.277. The smallest absolute Gasteiger partial charge is 0.101 e. The maximum atomic E-state index is 9.21. The summed E-state index contributed by atoms with van der Waals surface area (Å²) in [5.41, 5.74) is 7.02. The van der Waals surface area contributed by atoms with Gasteiger partial charge < -0.3 is 10.0 Å². The van der Waals surface area contributed by atoms with Crippen LogP contribution in [-0.2, 0) is 5.75 Å². The highest BCUT2D eigenvalue weighted by Crippen LogP contribution is 2.43. The van der Waals surface area contributed by atoms with Gasteiger partial charge in [0.05, 0.1) is 19.7 Å². The predicted molar refractivity (Wildman–Crippen MR) is 105 cm³/mol. The van der Waals surface area contributed by atoms with Crippen LogP contribution in [0.15, 0.2) is 52.9 Å². The number of nitrogens with one attached hydrogen (secondary N) is 1. The molecule has 2 aromatic rings. The maximum Gasteiger partial charge on any atom is 0.101 e. The molecule has 1 saturated heterocycles. The highest BCUT2D eigenvalue weighted by molar-refractivity contribution is 7.98. The van der Waals surface area contributed by atoms with Crippen molar-refractivity contribution in [3.05, 3.63) is 69.8 Å². The lowest BCUT2D eigenvalue weighted by atomic mass is 9.86. The van der Waals surface area contributed by atoms with Gasteiger partial charge in [0, 0.05) is 28.5 Å². The minimum Gasteiger partial charge on any atom is -0.391 e. The molecule has 0 spiro atoms. The summed E-state index contributed by atoms with van der Waals surface area (Å²) < 4.78 is 0. The lowest BCUT2D eigenvalue weighted by Crippen LogP contribution is -3.13. The number of benzene rings is 2. The van der Waals surface area contributed by atoms with Crippen LogP contribution in [0, 0.1) is 0 Å². The number of rotatable bonds is 2. The van der Waals surface area contributed by atoms with Gasteiger partial charge in [-0.05, 0) is 40.5 Å². The van der Waals surface area contributed by atoms with E-state index >= 15 is 0 Å². The predicted octanol–water partition coefficient (Wildman–Crippen LogP) is 3.42. The highest BCUT2D eigenvalue weighted by atomic mass is 35.5. The molecule has 2 nitrogen and oxygen atoms in total. The van der Waals surface area contributed by atoms with E-state index in [9.17, 15) is 5.11 Å². The SMILES string of the molecule is OCC[NH+]1CCC(=C2c3ccccc3CSc3ccc(Cl)cc32)CC1. The van der Waals surface area contributed by atoms with Crippen molar-refractivity contribution < 1.29 is 10.0 Å². The molecular formula is C21H23ClNOS+. The molecule has 4 heteroatoms. The number of piperidine rings is 1. The third-order valence-electron chi connectivity index (χ3n) is 5.26. The summed E-state index contributed by atoms with van der Waals surface area (Å²) in [6.07, 6.45) is 2.19. The molecule has 0 bridgehead atoms. The van der Waals surface area contributed by atoms with E-state index in [2.05, 4.69) is 36.4 Å². The number of halogens is 1. The molecule has 25 heavy (non-hydrogen) atoms. The van der Waals surface area contributed by atoms with E-state index in [0.29, 0.717) is 0 Å². The van der Waals surface area contributed by atoms with Gasteiger partial charge in [0.1, 0.15) is 6.54 Å². The summed E-state index contributed by atoms with van der Waals surface area (Å²) in [5.74, 6) is 1.00. The Labute approximate surface area is 158 Å². The fourth-order valence-corrected chi connectivity index (χ4v) is 5.17. The molecule has 0 saturated carbocycles. The van der Waals surface area contributed by atoms with Gasteiger partial charge in [-0.3, -0.25) is 0 Å². The van der Waals surface area contributed by atoms with E-state index in [1.807, 2.05) is 17.8 Å². The Balaban J connectivity index is 1.83. The Bertz CT molecular complexity index is 807. The van der Waals surface area contributed by atoms with Crippen molar-refractivity contribution in [2.45, 2.75) is 23.5 Å². The first kappa shape index (κ1) is 17.2. The van der Waals surface area contributed by atoms with Gasteiger partial charge in [0.2, 0.25) is 0 Å². The van der Waals surface area contributed by atoms with Gasteiger partial charge >= 0.3 is 0 Å². The van der Waals surface area contributed by atoms with Gasteiger partial charge in [-0.25, -0.2) is 0 Å². The van der Waals surface area contributed by atoms with Crippen molar-refractivity contribution in [1.29, 1.82) is 0 Å². The molecule has 2 aliphatic rings. The zero-order chi connectivity index (χ0) is 17.2. The van der Waals surface area contributed by atoms with Crippen LogP contribution in [0.25, 0.3) is 5.57 Å². The number of likely N-dealkylation sites (tertiary alicyclic amines) is 1.